The van der Waals surface area contributed by atoms with Gasteiger partial charge in [-0.25, -0.2) is 4.79 Å². The van der Waals surface area contributed by atoms with E-state index in [9.17, 15) is 14.4 Å². The van der Waals surface area contributed by atoms with Crippen molar-refractivity contribution in [2.45, 2.75) is 18.8 Å². The van der Waals surface area contributed by atoms with E-state index in [2.05, 4.69) is 5.32 Å². The van der Waals surface area contributed by atoms with Gasteiger partial charge < -0.3 is 15.0 Å². The number of carbonyl (C=O) groups is 3. The van der Waals surface area contributed by atoms with E-state index in [0.717, 1.165) is 16.7 Å². The van der Waals surface area contributed by atoms with Gasteiger partial charge in [-0.1, -0.05) is 41.9 Å². The zero-order valence-electron chi connectivity index (χ0n) is 18.7. The second-order valence-electron chi connectivity index (χ2n) is 7.91. The average Bonchev–Trinajstić information content (AvgIpc) is 3.21. The highest BCUT2D eigenvalue weighted by molar-refractivity contribution is 8.00. The summed E-state index contributed by atoms with van der Waals surface area (Å²) in [7, 11) is 1.31. The number of thioether (sulfide) groups is 1. The first-order valence-corrected chi connectivity index (χ1v) is 12.0. The maximum Gasteiger partial charge on any atom is 0.337 e. The van der Waals surface area contributed by atoms with Crippen LogP contribution in [0.25, 0.3) is 0 Å². The third kappa shape index (κ3) is 5.26. The molecule has 0 bridgehead atoms. The number of benzene rings is 3. The number of methoxy groups -OCH3 is 1. The first kappa shape index (κ1) is 23.9. The standard InChI is InChI=1S/C26H23ClN2O4S/c1-16-3-6-20(26(32)33-2)13-22(16)28-24(31)18-7-9-19(10-8-18)25-29(23(30)15-34-25)14-17-4-11-21(27)12-5-17/h3-13,25H,14-15H2,1-2H3,(H,28,31)/t25-/m1/s1. The second-order valence-corrected chi connectivity index (χ2v) is 9.41. The molecule has 3 aromatic rings. The van der Waals surface area contributed by atoms with Gasteiger partial charge in [0.15, 0.2) is 0 Å². The number of ether oxygens (including phenoxy) is 1. The molecule has 4 rings (SSSR count). The van der Waals surface area contributed by atoms with Crippen LogP contribution in [0.2, 0.25) is 5.02 Å². The summed E-state index contributed by atoms with van der Waals surface area (Å²) in [6.07, 6.45) is 0. The maximum absolute atomic E-state index is 12.8. The molecule has 0 saturated carbocycles. The molecule has 0 radical (unpaired) electrons. The zero-order valence-corrected chi connectivity index (χ0v) is 20.3. The van der Waals surface area contributed by atoms with Crippen molar-refractivity contribution >= 4 is 46.8 Å². The minimum Gasteiger partial charge on any atom is -0.465 e. The first-order valence-electron chi connectivity index (χ1n) is 10.6. The molecule has 1 N–H and O–H groups in total. The number of hydrogen-bond acceptors (Lipinski definition) is 5. The molecule has 0 aromatic heterocycles. The Morgan fingerprint density at radius 2 is 1.74 bits per heavy atom. The normalized spacial score (nSPS) is 15.3. The maximum atomic E-state index is 12.8. The van der Waals surface area contributed by atoms with Gasteiger partial charge in [0.2, 0.25) is 5.91 Å². The number of nitrogens with one attached hydrogen (secondary N) is 1. The minimum atomic E-state index is -0.466. The largest absolute Gasteiger partial charge is 0.465 e. The summed E-state index contributed by atoms with van der Waals surface area (Å²) in [6.45, 7) is 2.34. The molecule has 6 nitrogen and oxygen atoms in total. The lowest BCUT2D eigenvalue weighted by Gasteiger charge is -2.24. The van der Waals surface area contributed by atoms with Gasteiger partial charge in [-0.3, -0.25) is 9.59 Å². The predicted molar refractivity (Wildman–Crippen MR) is 134 cm³/mol. The molecule has 1 aliphatic heterocycles. The Morgan fingerprint density at radius 1 is 1.06 bits per heavy atom. The highest BCUT2D eigenvalue weighted by Crippen LogP contribution is 2.39. The number of aryl methyl sites for hydroxylation is 1. The van der Waals surface area contributed by atoms with Crippen molar-refractivity contribution < 1.29 is 19.1 Å². The molecule has 8 heteroatoms. The van der Waals surface area contributed by atoms with Crippen molar-refractivity contribution in [2.75, 3.05) is 18.2 Å². The number of carbonyl (C=O) groups excluding carboxylic acids is 3. The monoisotopic (exact) mass is 494 g/mol. The number of anilines is 1. The number of amides is 2. The van der Waals surface area contributed by atoms with Crippen LogP contribution >= 0.6 is 23.4 Å². The van der Waals surface area contributed by atoms with Gasteiger partial charge >= 0.3 is 5.97 Å². The molecule has 0 spiro atoms. The van der Waals surface area contributed by atoms with E-state index in [1.165, 1.54) is 7.11 Å². The molecule has 1 saturated heterocycles. The van der Waals surface area contributed by atoms with Crippen molar-refractivity contribution in [1.82, 2.24) is 4.90 Å². The second kappa shape index (κ2) is 10.3. The van der Waals surface area contributed by atoms with E-state index in [1.807, 2.05) is 48.2 Å². The Morgan fingerprint density at radius 3 is 2.41 bits per heavy atom. The summed E-state index contributed by atoms with van der Waals surface area (Å²) in [5.41, 5.74) is 4.17. The van der Waals surface area contributed by atoms with Crippen LogP contribution in [0.4, 0.5) is 5.69 Å². The summed E-state index contributed by atoms with van der Waals surface area (Å²) in [5.74, 6) is -0.264. The molecule has 3 aromatic carbocycles. The number of rotatable bonds is 6. The van der Waals surface area contributed by atoms with E-state index in [-0.39, 0.29) is 17.2 Å². The van der Waals surface area contributed by atoms with Crippen LogP contribution in [0.3, 0.4) is 0 Å². The minimum absolute atomic E-state index is 0.0766. The van der Waals surface area contributed by atoms with Gasteiger partial charge in [0.05, 0.1) is 18.4 Å². The number of esters is 1. The Kier molecular flexibility index (Phi) is 7.24. The molecule has 1 aliphatic rings. The van der Waals surface area contributed by atoms with Crippen LogP contribution in [0, 0.1) is 6.92 Å². The van der Waals surface area contributed by atoms with E-state index in [0.29, 0.717) is 34.1 Å². The summed E-state index contributed by atoms with van der Waals surface area (Å²) in [5, 5.41) is 3.39. The summed E-state index contributed by atoms with van der Waals surface area (Å²) in [6, 6.07) is 19.7. The van der Waals surface area contributed by atoms with E-state index in [4.69, 9.17) is 16.3 Å². The SMILES string of the molecule is COC(=O)c1ccc(C)c(NC(=O)c2ccc([C@H]3SCC(=O)N3Cc3ccc(Cl)cc3)cc2)c1. The Balaban J connectivity index is 1.48. The van der Waals surface area contributed by atoms with Gasteiger partial charge in [0.1, 0.15) is 5.37 Å². The van der Waals surface area contributed by atoms with E-state index in [1.54, 1.807) is 42.1 Å². The molecule has 1 fully saturated rings. The topological polar surface area (TPSA) is 75.7 Å². The quantitative estimate of drug-likeness (QED) is 0.460. The van der Waals surface area contributed by atoms with Crippen LogP contribution < -0.4 is 5.32 Å². The third-order valence-corrected chi connectivity index (χ3v) is 7.11. The van der Waals surface area contributed by atoms with Crippen molar-refractivity contribution in [2.24, 2.45) is 0 Å². The summed E-state index contributed by atoms with van der Waals surface area (Å²) < 4.78 is 4.75. The molecule has 1 heterocycles. The van der Waals surface area contributed by atoms with E-state index < -0.39 is 5.97 Å². The fourth-order valence-corrected chi connectivity index (χ4v) is 5.00. The molecule has 0 aliphatic carbocycles. The zero-order chi connectivity index (χ0) is 24.2. The highest BCUT2D eigenvalue weighted by atomic mass is 35.5. The summed E-state index contributed by atoms with van der Waals surface area (Å²) in [4.78, 5) is 39.0. The van der Waals surface area contributed by atoms with Gasteiger partial charge in [-0.15, -0.1) is 11.8 Å². The van der Waals surface area contributed by atoms with Crippen LogP contribution in [0.1, 0.15) is 42.8 Å². The number of nitrogens with zero attached hydrogens (tertiary/aromatic N) is 1. The van der Waals surface area contributed by atoms with Crippen molar-refractivity contribution in [3.05, 3.63) is 99.6 Å². The molecule has 174 valence electrons. The lowest BCUT2D eigenvalue weighted by Crippen LogP contribution is -2.27. The number of halogens is 1. The first-order chi connectivity index (χ1) is 16.4. The molecule has 1 atom stereocenters. The van der Waals surface area contributed by atoms with Crippen LogP contribution in [0.15, 0.2) is 66.7 Å². The Hall–Kier alpha value is -3.29. The lowest BCUT2D eigenvalue weighted by molar-refractivity contribution is -0.128. The predicted octanol–water partition coefficient (Wildman–Crippen LogP) is 5.46. The van der Waals surface area contributed by atoms with E-state index >= 15 is 0 Å². The van der Waals surface area contributed by atoms with Crippen LogP contribution in [-0.2, 0) is 16.1 Å². The highest BCUT2D eigenvalue weighted by Gasteiger charge is 2.32. The molecular weight excluding hydrogens is 472 g/mol. The van der Waals surface area contributed by atoms with Crippen molar-refractivity contribution in [1.29, 1.82) is 0 Å². The van der Waals surface area contributed by atoms with Crippen molar-refractivity contribution in [3.8, 4) is 0 Å². The fraction of sp³-hybridized carbons (Fsp3) is 0.192. The molecule has 34 heavy (non-hydrogen) atoms. The van der Waals surface area contributed by atoms with Crippen LogP contribution in [0.5, 0.6) is 0 Å². The average molecular weight is 495 g/mol. The summed E-state index contributed by atoms with van der Waals surface area (Å²) >= 11 is 7.54. The molecule has 0 unspecified atom stereocenters. The van der Waals surface area contributed by atoms with Gasteiger partial charge in [-0.2, -0.15) is 0 Å². The number of hydrogen-bond donors (Lipinski definition) is 1. The Labute approximate surface area is 207 Å². The third-order valence-electron chi connectivity index (χ3n) is 5.60. The van der Waals surface area contributed by atoms with Gasteiger partial charge in [0.25, 0.3) is 5.91 Å². The van der Waals surface area contributed by atoms with Gasteiger partial charge in [-0.05, 0) is 60.0 Å². The molecular formula is C26H23ClN2O4S. The van der Waals surface area contributed by atoms with Crippen molar-refractivity contribution in [3.63, 3.8) is 0 Å². The van der Waals surface area contributed by atoms with Gasteiger partial charge in [0, 0.05) is 22.8 Å². The molecule has 2 amide bonds. The van der Waals surface area contributed by atoms with Crippen LogP contribution in [-0.4, -0.2) is 35.5 Å². The smallest absolute Gasteiger partial charge is 0.337 e. The Bertz CT molecular complexity index is 1230. The fourth-order valence-electron chi connectivity index (χ4n) is 3.68. The lowest BCUT2D eigenvalue weighted by atomic mass is 10.1.